The second kappa shape index (κ2) is 6.87. The van der Waals surface area contributed by atoms with Gasteiger partial charge in [0.2, 0.25) is 0 Å². The molecule has 3 atom stereocenters. The predicted molar refractivity (Wildman–Crippen MR) is 63.7 cm³/mol. The Morgan fingerprint density at radius 1 is 1.47 bits per heavy atom. The van der Waals surface area contributed by atoms with Crippen molar-refractivity contribution in [1.82, 2.24) is 5.32 Å². The molecule has 0 amide bonds. The van der Waals surface area contributed by atoms with Crippen molar-refractivity contribution in [2.75, 3.05) is 13.2 Å². The van der Waals surface area contributed by atoms with Gasteiger partial charge in [0.05, 0.1) is 6.61 Å². The summed E-state index contributed by atoms with van der Waals surface area (Å²) in [5.41, 5.74) is 0. The molecule has 1 rings (SSSR count). The Hall–Kier alpha value is -0.520. The van der Waals surface area contributed by atoms with Crippen LogP contribution in [-0.4, -0.2) is 25.3 Å². The number of nitrogens with one attached hydrogen (secondary N) is 1. The summed E-state index contributed by atoms with van der Waals surface area (Å²) in [6.07, 6.45) is 9.65. The van der Waals surface area contributed by atoms with E-state index < -0.39 is 0 Å². The highest BCUT2D eigenvalue weighted by Gasteiger charge is 2.25. The van der Waals surface area contributed by atoms with E-state index in [-0.39, 0.29) is 0 Å². The molecule has 15 heavy (non-hydrogen) atoms. The highest BCUT2D eigenvalue weighted by atomic mass is 16.5. The minimum absolute atomic E-state index is 0.473. The summed E-state index contributed by atoms with van der Waals surface area (Å²) in [4.78, 5) is 0. The standard InChI is InChI=1S/C13H23NO/c1-4-7-12(5-2)14-13(6-3)11-8-9-15-10-11/h1,11-14H,5-10H2,2-3H3. The molecule has 2 nitrogen and oxygen atoms in total. The maximum absolute atomic E-state index is 5.43. The summed E-state index contributed by atoms with van der Waals surface area (Å²) < 4.78 is 5.43. The summed E-state index contributed by atoms with van der Waals surface area (Å²) in [5, 5.41) is 3.67. The van der Waals surface area contributed by atoms with Gasteiger partial charge >= 0.3 is 0 Å². The van der Waals surface area contributed by atoms with E-state index in [1.807, 2.05) is 0 Å². The smallest absolute Gasteiger partial charge is 0.0510 e. The van der Waals surface area contributed by atoms with E-state index in [0.29, 0.717) is 18.0 Å². The van der Waals surface area contributed by atoms with Crippen LogP contribution in [0.4, 0.5) is 0 Å². The molecule has 0 saturated carbocycles. The van der Waals surface area contributed by atoms with Crippen molar-refractivity contribution in [3.8, 4) is 12.3 Å². The first-order valence-corrected chi connectivity index (χ1v) is 6.09. The van der Waals surface area contributed by atoms with Crippen molar-refractivity contribution < 1.29 is 4.74 Å². The summed E-state index contributed by atoms with van der Waals surface area (Å²) in [6, 6.07) is 1.05. The van der Waals surface area contributed by atoms with Gasteiger partial charge in [0.25, 0.3) is 0 Å². The summed E-state index contributed by atoms with van der Waals surface area (Å²) in [6.45, 7) is 6.26. The van der Waals surface area contributed by atoms with E-state index in [4.69, 9.17) is 11.2 Å². The number of terminal acetylenes is 1. The lowest BCUT2D eigenvalue weighted by molar-refractivity contribution is 0.173. The Balaban J connectivity index is 2.40. The highest BCUT2D eigenvalue weighted by molar-refractivity contribution is 4.91. The SMILES string of the molecule is C#CCC(CC)NC(CC)C1CCOC1. The first-order valence-electron chi connectivity index (χ1n) is 6.09. The second-order valence-electron chi connectivity index (χ2n) is 4.32. The lowest BCUT2D eigenvalue weighted by atomic mass is 9.95. The summed E-state index contributed by atoms with van der Waals surface area (Å²) in [7, 11) is 0. The maximum Gasteiger partial charge on any atom is 0.0510 e. The zero-order valence-electron chi connectivity index (χ0n) is 9.96. The van der Waals surface area contributed by atoms with Crippen LogP contribution in [0.15, 0.2) is 0 Å². The monoisotopic (exact) mass is 209 g/mol. The van der Waals surface area contributed by atoms with Crippen molar-refractivity contribution in [3.63, 3.8) is 0 Å². The normalized spacial score (nSPS) is 24.7. The summed E-state index contributed by atoms with van der Waals surface area (Å²) in [5.74, 6) is 3.43. The minimum Gasteiger partial charge on any atom is -0.381 e. The van der Waals surface area contributed by atoms with Crippen molar-refractivity contribution >= 4 is 0 Å². The van der Waals surface area contributed by atoms with E-state index in [9.17, 15) is 0 Å². The number of ether oxygens (including phenoxy) is 1. The molecule has 1 heterocycles. The Bertz CT molecular complexity index is 203. The van der Waals surface area contributed by atoms with Gasteiger partial charge in [0.15, 0.2) is 0 Å². The van der Waals surface area contributed by atoms with Gasteiger partial charge in [-0.15, -0.1) is 12.3 Å². The van der Waals surface area contributed by atoms with E-state index in [1.165, 1.54) is 6.42 Å². The van der Waals surface area contributed by atoms with Gasteiger partial charge < -0.3 is 10.1 Å². The first kappa shape index (κ1) is 12.5. The average Bonchev–Trinajstić information content (AvgIpc) is 2.77. The lowest BCUT2D eigenvalue weighted by Gasteiger charge is -2.27. The number of hydrogen-bond donors (Lipinski definition) is 1. The Kier molecular flexibility index (Phi) is 5.75. The van der Waals surface area contributed by atoms with E-state index in [0.717, 1.165) is 32.5 Å². The molecule has 3 unspecified atom stereocenters. The molecule has 1 aliphatic rings. The van der Waals surface area contributed by atoms with Gasteiger partial charge in [-0.2, -0.15) is 0 Å². The Morgan fingerprint density at radius 2 is 2.27 bits per heavy atom. The van der Waals surface area contributed by atoms with E-state index >= 15 is 0 Å². The Labute approximate surface area is 93.8 Å². The molecule has 1 aliphatic heterocycles. The second-order valence-corrected chi connectivity index (χ2v) is 4.32. The molecule has 0 aromatic rings. The van der Waals surface area contributed by atoms with Crippen LogP contribution in [0, 0.1) is 18.3 Å². The van der Waals surface area contributed by atoms with Gasteiger partial charge in [-0.1, -0.05) is 13.8 Å². The molecule has 86 valence electrons. The first-order chi connectivity index (χ1) is 7.31. The van der Waals surface area contributed by atoms with Gasteiger partial charge in [-0.3, -0.25) is 0 Å². The fourth-order valence-corrected chi connectivity index (χ4v) is 2.22. The van der Waals surface area contributed by atoms with Gasteiger partial charge in [0, 0.05) is 25.1 Å². The molecule has 1 fully saturated rings. The van der Waals surface area contributed by atoms with E-state index in [1.54, 1.807) is 0 Å². The van der Waals surface area contributed by atoms with Crippen LogP contribution in [0.5, 0.6) is 0 Å². The van der Waals surface area contributed by atoms with Crippen molar-refractivity contribution in [2.24, 2.45) is 5.92 Å². The minimum atomic E-state index is 0.473. The van der Waals surface area contributed by atoms with Crippen molar-refractivity contribution in [3.05, 3.63) is 0 Å². The molecule has 0 aromatic carbocycles. The topological polar surface area (TPSA) is 21.3 Å². The molecule has 0 spiro atoms. The molecular formula is C13H23NO. The number of hydrogen-bond acceptors (Lipinski definition) is 2. The van der Waals surface area contributed by atoms with Crippen LogP contribution < -0.4 is 5.32 Å². The lowest BCUT2D eigenvalue weighted by Crippen LogP contribution is -2.42. The molecule has 0 radical (unpaired) electrons. The van der Waals surface area contributed by atoms with Crippen LogP contribution >= 0.6 is 0 Å². The molecule has 0 bridgehead atoms. The average molecular weight is 209 g/mol. The Morgan fingerprint density at radius 3 is 2.73 bits per heavy atom. The van der Waals surface area contributed by atoms with Crippen LogP contribution in [0.2, 0.25) is 0 Å². The third-order valence-electron chi connectivity index (χ3n) is 3.28. The van der Waals surface area contributed by atoms with Crippen molar-refractivity contribution in [2.45, 2.75) is 51.6 Å². The van der Waals surface area contributed by atoms with Gasteiger partial charge in [0.1, 0.15) is 0 Å². The predicted octanol–water partition coefficient (Wildman–Crippen LogP) is 2.19. The van der Waals surface area contributed by atoms with Crippen molar-refractivity contribution in [1.29, 1.82) is 0 Å². The zero-order chi connectivity index (χ0) is 11.1. The van der Waals surface area contributed by atoms with Crippen LogP contribution in [0.1, 0.15) is 39.5 Å². The highest BCUT2D eigenvalue weighted by Crippen LogP contribution is 2.19. The van der Waals surface area contributed by atoms with E-state index in [2.05, 4.69) is 25.1 Å². The molecule has 0 aromatic heterocycles. The zero-order valence-corrected chi connectivity index (χ0v) is 9.96. The fourth-order valence-electron chi connectivity index (χ4n) is 2.22. The quantitative estimate of drug-likeness (QED) is 0.677. The van der Waals surface area contributed by atoms with Crippen LogP contribution in [0.3, 0.4) is 0 Å². The number of rotatable bonds is 6. The van der Waals surface area contributed by atoms with Gasteiger partial charge in [-0.05, 0) is 25.2 Å². The summed E-state index contributed by atoms with van der Waals surface area (Å²) >= 11 is 0. The molecule has 0 aliphatic carbocycles. The third kappa shape index (κ3) is 3.85. The molecule has 1 saturated heterocycles. The van der Waals surface area contributed by atoms with Gasteiger partial charge in [-0.25, -0.2) is 0 Å². The van der Waals surface area contributed by atoms with Crippen LogP contribution in [-0.2, 0) is 4.74 Å². The molecular weight excluding hydrogens is 186 g/mol. The largest absolute Gasteiger partial charge is 0.381 e. The maximum atomic E-state index is 5.43. The van der Waals surface area contributed by atoms with Crippen LogP contribution in [0.25, 0.3) is 0 Å². The fraction of sp³-hybridized carbons (Fsp3) is 0.846. The molecule has 2 heteroatoms. The molecule has 1 N–H and O–H groups in total. The third-order valence-corrected chi connectivity index (χ3v) is 3.28.